The Labute approximate surface area is 129 Å². The van der Waals surface area contributed by atoms with Crippen LogP contribution in [0.25, 0.3) is 6.08 Å². The number of ketones is 1. The normalized spacial score (nSPS) is 13.0. The first kappa shape index (κ1) is 17.6. The molecule has 0 saturated carbocycles. The van der Waals surface area contributed by atoms with Crippen LogP contribution in [-0.2, 0) is 4.79 Å². The summed E-state index contributed by atoms with van der Waals surface area (Å²) in [5.74, 6) is 0.369. The van der Waals surface area contributed by atoms with Crippen LogP contribution in [0.3, 0.4) is 0 Å². The number of carbonyl (C=O) groups is 1. The second kappa shape index (κ2) is 9.51. The number of unbranched alkanes of at least 4 members (excludes halogenated alkanes) is 2. The topological polar surface area (TPSA) is 20.3 Å². The summed E-state index contributed by atoms with van der Waals surface area (Å²) in [4.78, 5) is 14.5. The standard InChI is InChI=1S/C19H29NO/c1-5-6-7-8-18(15-20(3)4)19(21)14-13-17-11-9-16(2)10-12-17/h9-14,18H,5-8,15H2,1-4H3. The van der Waals surface area contributed by atoms with Gasteiger partial charge in [-0.15, -0.1) is 0 Å². The Morgan fingerprint density at radius 2 is 1.86 bits per heavy atom. The van der Waals surface area contributed by atoms with Crippen LogP contribution in [-0.4, -0.2) is 31.3 Å². The molecular weight excluding hydrogens is 258 g/mol. The predicted octanol–water partition coefficient (Wildman–Crippen LogP) is 4.34. The molecule has 21 heavy (non-hydrogen) atoms. The van der Waals surface area contributed by atoms with Crippen molar-refractivity contribution in [3.05, 3.63) is 41.5 Å². The maximum atomic E-state index is 12.4. The second-order valence-corrected chi connectivity index (χ2v) is 6.10. The van der Waals surface area contributed by atoms with Gasteiger partial charge in [0.05, 0.1) is 0 Å². The summed E-state index contributed by atoms with van der Waals surface area (Å²) < 4.78 is 0. The van der Waals surface area contributed by atoms with Crippen molar-refractivity contribution < 1.29 is 4.79 Å². The molecule has 0 radical (unpaired) electrons. The monoisotopic (exact) mass is 287 g/mol. The first-order valence-corrected chi connectivity index (χ1v) is 7.96. The Bertz CT molecular complexity index is 445. The van der Waals surface area contributed by atoms with Crippen LogP contribution in [0.15, 0.2) is 30.3 Å². The summed E-state index contributed by atoms with van der Waals surface area (Å²) in [6.07, 6.45) is 8.22. The molecule has 0 aliphatic rings. The van der Waals surface area contributed by atoms with Crippen LogP contribution in [0.2, 0.25) is 0 Å². The molecule has 2 heteroatoms. The van der Waals surface area contributed by atoms with Gasteiger partial charge in [-0.2, -0.15) is 0 Å². The van der Waals surface area contributed by atoms with Gasteiger partial charge >= 0.3 is 0 Å². The maximum absolute atomic E-state index is 12.4. The average Bonchev–Trinajstić information content (AvgIpc) is 2.45. The molecule has 1 unspecified atom stereocenters. The van der Waals surface area contributed by atoms with Crippen molar-refractivity contribution in [1.29, 1.82) is 0 Å². The van der Waals surface area contributed by atoms with Crippen molar-refractivity contribution in [2.75, 3.05) is 20.6 Å². The molecule has 0 bridgehead atoms. The number of allylic oxidation sites excluding steroid dienone is 1. The van der Waals surface area contributed by atoms with E-state index >= 15 is 0 Å². The van der Waals surface area contributed by atoms with Gasteiger partial charge in [-0.05, 0) is 39.1 Å². The summed E-state index contributed by atoms with van der Waals surface area (Å²) in [6, 6.07) is 8.25. The first-order chi connectivity index (χ1) is 10.0. The highest BCUT2D eigenvalue weighted by atomic mass is 16.1. The minimum atomic E-state index is 0.119. The van der Waals surface area contributed by atoms with Crippen LogP contribution in [0.1, 0.15) is 43.7 Å². The van der Waals surface area contributed by atoms with E-state index in [0.717, 1.165) is 24.9 Å². The Morgan fingerprint density at radius 1 is 1.19 bits per heavy atom. The van der Waals surface area contributed by atoms with E-state index in [9.17, 15) is 4.79 Å². The summed E-state index contributed by atoms with van der Waals surface area (Å²) in [7, 11) is 4.06. The van der Waals surface area contributed by atoms with Crippen molar-refractivity contribution in [3.63, 3.8) is 0 Å². The molecule has 1 aromatic carbocycles. The number of nitrogens with zero attached hydrogens (tertiary/aromatic N) is 1. The van der Waals surface area contributed by atoms with E-state index in [4.69, 9.17) is 0 Å². The lowest BCUT2D eigenvalue weighted by atomic mass is 9.95. The Hall–Kier alpha value is -1.41. The second-order valence-electron chi connectivity index (χ2n) is 6.10. The number of hydrogen-bond donors (Lipinski definition) is 0. The minimum Gasteiger partial charge on any atom is -0.309 e. The fraction of sp³-hybridized carbons (Fsp3) is 0.526. The molecule has 0 amide bonds. The van der Waals surface area contributed by atoms with Gasteiger partial charge in [0, 0.05) is 12.5 Å². The molecule has 0 heterocycles. The molecule has 0 aromatic heterocycles. The van der Waals surface area contributed by atoms with Crippen molar-refractivity contribution in [1.82, 2.24) is 4.90 Å². The van der Waals surface area contributed by atoms with Crippen LogP contribution >= 0.6 is 0 Å². The average molecular weight is 287 g/mol. The van der Waals surface area contributed by atoms with Crippen LogP contribution < -0.4 is 0 Å². The van der Waals surface area contributed by atoms with Crippen LogP contribution in [0.4, 0.5) is 0 Å². The van der Waals surface area contributed by atoms with Gasteiger partial charge < -0.3 is 4.90 Å². The van der Waals surface area contributed by atoms with Crippen LogP contribution in [0.5, 0.6) is 0 Å². The van der Waals surface area contributed by atoms with E-state index in [0.29, 0.717) is 0 Å². The van der Waals surface area contributed by atoms with E-state index in [2.05, 4.69) is 43.0 Å². The molecule has 2 nitrogen and oxygen atoms in total. The van der Waals surface area contributed by atoms with Gasteiger partial charge in [0.1, 0.15) is 0 Å². The molecule has 0 N–H and O–H groups in total. The van der Waals surface area contributed by atoms with Gasteiger partial charge in [-0.3, -0.25) is 4.79 Å². The molecule has 0 spiro atoms. The number of rotatable bonds is 9. The first-order valence-electron chi connectivity index (χ1n) is 7.96. The van der Waals surface area contributed by atoms with E-state index in [-0.39, 0.29) is 11.7 Å². The maximum Gasteiger partial charge on any atom is 0.160 e. The van der Waals surface area contributed by atoms with E-state index in [1.165, 1.54) is 18.4 Å². The summed E-state index contributed by atoms with van der Waals surface area (Å²) in [5.41, 5.74) is 2.33. The van der Waals surface area contributed by atoms with Gasteiger partial charge in [0.15, 0.2) is 5.78 Å². The quantitative estimate of drug-likeness (QED) is 0.497. The highest BCUT2D eigenvalue weighted by Crippen LogP contribution is 2.14. The number of benzene rings is 1. The van der Waals surface area contributed by atoms with Crippen molar-refractivity contribution in [2.45, 2.75) is 39.5 Å². The Morgan fingerprint density at radius 3 is 2.43 bits per heavy atom. The third-order valence-corrected chi connectivity index (χ3v) is 3.66. The largest absolute Gasteiger partial charge is 0.309 e. The zero-order valence-corrected chi connectivity index (χ0v) is 13.9. The molecule has 0 fully saturated rings. The number of aryl methyl sites for hydroxylation is 1. The molecule has 0 saturated heterocycles. The molecule has 1 aromatic rings. The lowest BCUT2D eigenvalue weighted by Crippen LogP contribution is -2.27. The van der Waals surface area contributed by atoms with Crippen molar-refractivity contribution >= 4 is 11.9 Å². The SMILES string of the molecule is CCCCCC(CN(C)C)C(=O)C=Cc1ccc(C)cc1. The van der Waals surface area contributed by atoms with Gasteiger partial charge in [-0.1, -0.05) is 62.1 Å². The number of hydrogen-bond acceptors (Lipinski definition) is 2. The van der Waals surface area contributed by atoms with Crippen molar-refractivity contribution in [2.24, 2.45) is 5.92 Å². The third-order valence-electron chi connectivity index (χ3n) is 3.66. The summed E-state index contributed by atoms with van der Waals surface area (Å²) in [6.45, 7) is 5.10. The predicted molar refractivity (Wildman–Crippen MR) is 91.4 cm³/mol. The Balaban J connectivity index is 2.63. The van der Waals surface area contributed by atoms with Crippen molar-refractivity contribution in [3.8, 4) is 0 Å². The lowest BCUT2D eigenvalue weighted by molar-refractivity contribution is -0.118. The van der Waals surface area contributed by atoms with Gasteiger partial charge in [-0.25, -0.2) is 0 Å². The summed E-state index contributed by atoms with van der Waals surface area (Å²) in [5, 5.41) is 0. The third kappa shape index (κ3) is 7.24. The molecular formula is C19H29NO. The summed E-state index contributed by atoms with van der Waals surface area (Å²) >= 11 is 0. The lowest BCUT2D eigenvalue weighted by Gasteiger charge is -2.18. The fourth-order valence-electron chi connectivity index (χ4n) is 2.40. The van der Waals surface area contributed by atoms with Crippen LogP contribution in [0, 0.1) is 12.8 Å². The minimum absolute atomic E-state index is 0.119. The van der Waals surface area contributed by atoms with E-state index in [1.807, 2.05) is 20.2 Å². The zero-order valence-electron chi connectivity index (χ0n) is 13.9. The van der Waals surface area contributed by atoms with Gasteiger partial charge in [0.2, 0.25) is 0 Å². The zero-order chi connectivity index (χ0) is 15.7. The van der Waals surface area contributed by atoms with E-state index < -0.39 is 0 Å². The molecule has 1 rings (SSSR count). The highest BCUT2D eigenvalue weighted by molar-refractivity contribution is 5.95. The molecule has 116 valence electrons. The van der Waals surface area contributed by atoms with E-state index in [1.54, 1.807) is 6.08 Å². The molecule has 0 aliphatic heterocycles. The highest BCUT2D eigenvalue weighted by Gasteiger charge is 2.16. The number of carbonyl (C=O) groups excluding carboxylic acids is 1. The van der Waals surface area contributed by atoms with Gasteiger partial charge in [0.25, 0.3) is 0 Å². The molecule has 0 aliphatic carbocycles. The smallest absolute Gasteiger partial charge is 0.160 e. The fourth-order valence-corrected chi connectivity index (χ4v) is 2.40. The molecule has 1 atom stereocenters. The Kier molecular flexibility index (Phi) is 7.99.